The molecule has 4 heteroatoms. The fourth-order valence-electron chi connectivity index (χ4n) is 1.79. The van der Waals surface area contributed by atoms with E-state index in [0.717, 1.165) is 0 Å². The first kappa shape index (κ1) is 14.4. The summed E-state index contributed by atoms with van der Waals surface area (Å²) in [7, 11) is 0. The van der Waals surface area contributed by atoms with E-state index in [9.17, 15) is 4.39 Å². The Morgan fingerprint density at radius 3 is 2.53 bits per heavy atom. The van der Waals surface area contributed by atoms with Crippen molar-refractivity contribution in [3.63, 3.8) is 0 Å². The number of halogens is 2. The largest absolute Gasteiger partial charge is 0.493 e. The molecule has 0 aliphatic rings. The van der Waals surface area contributed by atoms with E-state index in [-0.39, 0.29) is 11.7 Å². The summed E-state index contributed by atoms with van der Waals surface area (Å²) in [5.74, 6) is 1.08. The molecule has 2 rings (SSSR count). The summed E-state index contributed by atoms with van der Waals surface area (Å²) in [4.78, 5) is 0. The van der Waals surface area contributed by atoms with Crippen molar-refractivity contribution in [2.75, 3.05) is 12.4 Å². The minimum absolute atomic E-state index is 0.187. The highest BCUT2D eigenvalue weighted by atomic mass is 79.9. The molecule has 0 N–H and O–H groups in total. The minimum Gasteiger partial charge on any atom is -0.493 e. The molecule has 100 valence electrons. The summed E-state index contributed by atoms with van der Waals surface area (Å²) in [5.41, 5.74) is 1.17. The standard InChI is InChI=1S/C15H14BrFOS/c16-13-6-14(17)8-15(7-13)18-9-12(10-19)11-4-2-1-3-5-11/h1-8,12,19H,9-10H2. The van der Waals surface area contributed by atoms with Crippen molar-refractivity contribution >= 4 is 28.6 Å². The average molecular weight is 341 g/mol. The Kier molecular flexibility index (Phi) is 5.28. The van der Waals surface area contributed by atoms with Gasteiger partial charge in [-0.05, 0) is 17.7 Å². The quantitative estimate of drug-likeness (QED) is 0.777. The van der Waals surface area contributed by atoms with Crippen molar-refractivity contribution in [2.24, 2.45) is 0 Å². The molecule has 0 aromatic heterocycles. The van der Waals surface area contributed by atoms with Gasteiger partial charge < -0.3 is 4.74 Å². The molecule has 1 unspecified atom stereocenters. The SMILES string of the molecule is Fc1cc(Br)cc(OCC(CS)c2ccccc2)c1. The molecular weight excluding hydrogens is 327 g/mol. The van der Waals surface area contributed by atoms with Gasteiger partial charge in [0.25, 0.3) is 0 Å². The van der Waals surface area contributed by atoms with Crippen LogP contribution in [0.2, 0.25) is 0 Å². The zero-order chi connectivity index (χ0) is 13.7. The molecule has 0 bridgehead atoms. The van der Waals surface area contributed by atoms with E-state index < -0.39 is 0 Å². The van der Waals surface area contributed by atoms with Gasteiger partial charge in [0.05, 0.1) is 6.61 Å². The normalized spacial score (nSPS) is 12.2. The Morgan fingerprint density at radius 2 is 1.89 bits per heavy atom. The van der Waals surface area contributed by atoms with Crippen LogP contribution in [0, 0.1) is 5.82 Å². The zero-order valence-corrected chi connectivity index (χ0v) is 12.7. The van der Waals surface area contributed by atoms with Crippen molar-refractivity contribution < 1.29 is 9.13 Å². The third kappa shape index (κ3) is 4.25. The zero-order valence-electron chi connectivity index (χ0n) is 10.2. The molecule has 0 fully saturated rings. The Labute approximate surface area is 126 Å². The van der Waals surface area contributed by atoms with Gasteiger partial charge >= 0.3 is 0 Å². The lowest BCUT2D eigenvalue weighted by Crippen LogP contribution is -2.12. The van der Waals surface area contributed by atoms with Gasteiger partial charge in [-0.1, -0.05) is 46.3 Å². The van der Waals surface area contributed by atoms with E-state index in [2.05, 4.69) is 28.6 Å². The number of hydrogen-bond acceptors (Lipinski definition) is 2. The monoisotopic (exact) mass is 340 g/mol. The molecule has 0 heterocycles. The molecular formula is C15H14BrFOS. The topological polar surface area (TPSA) is 9.23 Å². The van der Waals surface area contributed by atoms with Crippen LogP contribution in [0.4, 0.5) is 4.39 Å². The summed E-state index contributed by atoms with van der Waals surface area (Å²) in [6.45, 7) is 0.476. The summed E-state index contributed by atoms with van der Waals surface area (Å²) >= 11 is 7.60. The smallest absolute Gasteiger partial charge is 0.128 e. The average Bonchev–Trinajstić information content (AvgIpc) is 2.39. The van der Waals surface area contributed by atoms with Crippen molar-refractivity contribution in [2.45, 2.75) is 5.92 Å². The molecule has 0 aliphatic carbocycles. The van der Waals surface area contributed by atoms with Crippen LogP contribution in [0.25, 0.3) is 0 Å². The van der Waals surface area contributed by atoms with Crippen molar-refractivity contribution in [1.82, 2.24) is 0 Å². The molecule has 0 saturated carbocycles. The number of rotatable bonds is 5. The van der Waals surface area contributed by atoms with Gasteiger partial charge in [0, 0.05) is 22.2 Å². The Morgan fingerprint density at radius 1 is 1.16 bits per heavy atom. The number of thiol groups is 1. The number of ether oxygens (including phenoxy) is 1. The van der Waals surface area contributed by atoms with Gasteiger partial charge in [-0.15, -0.1) is 0 Å². The number of hydrogen-bond donors (Lipinski definition) is 1. The molecule has 0 amide bonds. The second-order valence-electron chi connectivity index (χ2n) is 4.21. The lowest BCUT2D eigenvalue weighted by Gasteiger charge is -2.16. The molecule has 2 aromatic rings. The highest BCUT2D eigenvalue weighted by molar-refractivity contribution is 9.10. The Bertz CT molecular complexity index is 513. The molecule has 0 aliphatic heterocycles. The van der Waals surface area contributed by atoms with Crippen LogP contribution in [-0.2, 0) is 0 Å². The van der Waals surface area contributed by atoms with E-state index in [1.807, 2.05) is 30.3 Å². The highest BCUT2D eigenvalue weighted by Crippen LogP contribution is 2.23. The van der Waals surface area contributed by atoms with E-state index in [4.69, 9.17) is 4.74 Å². The fourth-order valence-corrected chi connectivity index (χ4v) is 2.55. The summed E-state index contributed by atoms with van der Waals surface area (Å²) < 4.78 is 19.6. The maximum absolute atomic E-state index is 13.2. The Balaban J connectivity index is 2.04. The van der Waals surface area contributed by atoms with E-state index in [0.29, 0.717) is 22.6 Å². The second kappa shape index (κ2) is 6.96. The first-order valence-corrected chi connectivity index (χ1v) is 7.36. The number of benzene rings is 2. The third-order valence-electron chi connectivity index (χ3n) is 2.78. The van der Waals surface area contributed by atoms with Crippen LogP contribution in [0.5, 0.6) is 5.75 Å². The first-order valence-electron chi connectivity index (χ1n) is 5.93. The lowest BCUT2D eigenvalue weighted by molar-refractivity contribution is 0.296. The summed E-state index contributed by atoms with van der Waals surface area (Å²) in [6, 6.07) is 14.6. The minimum atomic E-state index is -0.313. The summed E-state index contributed by atoms with van der Waals surface area (Å²) in [6.07, 6.45) is 0. The molecule has 19 heavy (non-hydrogen) atoms. The van der Waals surface area contributed by atoms with Gasteiger partial charge in [-0.3, -0.25) is 0 Å². The van der Waals surface area contributed by atoms with Crippen LogP contribution < -0.4 is 4.74 Å². The predicted molar refractivity (Wildman–Crippen MR) is 82.6 cm³/mol. The van der Waals surface area contributed by atoms with E-state index in [1.165, 1.54) is 17.7 Å². The molecule has 1 nitrogen and oxygen atoms in total. The van der Waals surface area contributed by atoms with Gasteiger partial charge in [-0.2, -0.15) is 12.6 Å². The Hall–Kier alpha value is -1.00. The van der Waals surface area contributed by atoms with Crippen molar-refractivity contribution in [3.8, 4) is 5.75 Å². The van der Waals surface area contributed by atoms with Crippen LogP contribution in [0.15, 0.2) is 53.0 Å². The predicted octanol–water partition coefficient (Wildman–Crippen LogP) is 4.68. The molecule has 1 atom stereocenters. The molecule has 0 spiro atoms. The fraction of sp³-hybridized carbons (Fsp3) is 0.200. The van der Waals surface area contributed by atoms with Crippen LogP contribution in [-0.4, -0.2) is 12.4 Å². The first-order chi connectivity index (χ1) is 9.19. The van der Waals surface area contributed by atoms with E-state index >= 15 is 0 Å². The maximum Gasteiger partial charge on any atom is 0.128 e. The highest BCUT2D eigenvalue weighted by Gasteiger charge is 2.11. The van der Waals surface area contributed by atoms with Gasteiger partial charge in [0.1, 0.15) is 11.6 Å². The lowest BCUT2D eigenvalue weighted by atomic mass is 10.0. The van der Waals surface area contributed by atoms with Crippen molar-refractivity contribution in [3.05, 3.63) is 64.4 Å². The van der Waals surface area contributed by atoms with Gasteiger partial charge in [-0.25, -0.2) is 4.39 Å². The molecule has 0 radical (unpaired) electrons. The van der Waals surface area contributed by atoms with Crippen LogP contribution in [0.3, 0.4) is 0 Å². The van der Waals surface area contributed by atoms with Crippen LogP contribution >= 0.6 is 28.6 Å². The van der Waals surface area contributed by atoms with Gasteiger partial charge in [0.15, 0.2) is 0 Å². The van der Waals surface area contributed by atoms with Crippen molar-refractivity contribution in [1.29, 1.82) is 0 Å². The summed E-state index contributed by atoms with van der Waals surface area (Å²) in [5, 5.41) is 0. The van der Waals surface area contributed by atoms with Gasteiger partial charge in [0.2, 0.25) is 0 Å². The molecule has 0 saturated heterocycles. The maximum atomic E-state index is 13.2. The third-order valence-corrected chi connectivity index (χ3v) is 3.68. The second-order valence-corrected chi connectivity index (χ2v) is 5.49. The van der Waals surface area contributed by atoms with Crippen LogP contribution in [0.1, 0.15) is 11.5 Å². The van der Waals surface area contributed by atoms with E-state index in [1.54, 1.807) is 6.07 Å². The molecule has 2 aromatic carbocycles.